The van der Waals surface area contributed by atoms with Crippen LogP contribution in [0.5, 0.6) is 11.5 Å². The molecule has 0 atom stereocenters. The molecule has 0 amide bonds. The number of cyclic esters (lactones) is 1. The Morgan fingerprint density at radius 1 is 1.17 bits per heavy atom. The lowest BCUT2D eigenvalue weighted by molar-refractivity contribution is -0.129. The van der Waals surface area contributed by atoms with E-state index < -0.39 is 5.97 Å². The van der Waals surface area contributed by atoms with Crippen LogP contribution >= 0.6 is 11.3 Å². The van der Waals surface area contributed by atoms with Gasteiger partial charge in [-0.3, -0.25) is 0 Å². The number of aliphatic imine (C=N–C) groups is 1. The highest BCUT2D eigenvalue weighted by Gasteiger charge is 2.25. The largest absolute Gasteiger partial charge is 0.497 e. The summed E-state index contributed by atoms with van der Waals surface area (Å²) in [4.78, 5) is 17.3. The van der Waals surface area contributed by atoms with E-state index in [4.69, 9.17) is 14.2 Å². The van der Waals surface area contributed by atoms with Crippen molar-refractivity contribution in [3.63, 3.8) is 0 Å². The summed E-state index contributed by atoms with van der Waals surface area (Å²) >= 11 is 1.55. The Morgan fingerprint density at radius 2 is 1.87 bits per heavy atom. The van der Waals surface area contributed by atoms with E-state index in [9.17, 15) is 4.79 Å². The number of hydrogen-bond acceptors (Lipinski definition) is 6. The van der Waals surface area contributed by atoms with Crippen molar-refractivity contribution >= 4 is 29.3 Å². The maximum Gasteiger partial charge on any atom is 0.363 e. The topological polar surface area (TPSA) is 57.1 Å². The van der Waals surface area contributed by atoms with Crippen LogP contribution in [-0.2, 0) is 9.53 Å². The van der Waals surface area contributed by atoms with Gasteiger partial charge in [0.15, 0.2) is 5.70 Å². The van der Waals surface area contributed by atoms with Gasteiger partial charge >= 0.3 is 5.97 Å². The summed E-state index contributed by atoms with van der Waals surface area (Å²) in [5.74, 6) is 0.983. The number of esters is 1. The normalized spacial score (nSPS) is 15.5. The predicted octanol–water partition coefficient (Wildman–Crippen LogP) is 3.42. The zero-order chi connectivity index (χ0) is 16.4. The van der Waals surface area contributed by atoms with Gasteiger partial charge in [0.25, 0.3) is 0 Å². The number of carbonyl (C=O) groups is 1. The Balaban J connectivity index is 1.98. The highest BCUT2D eigenvalue weighted by molar-refractivity contribution is 7.11. The van der Waals surface area contributed by atoms with Gasteiger partial charge < -0.3 is 14.2 Å². The summed E-state index contributed by atoms with van der Waals surface area (Å²) in [5.41, 5.74) is 2.01. The van der Waals surface area contributed by atoms with Gasteiger partial charge in [-0.25, -0.2) is 9.79 Å². The van der Waals surface area contributed by atoms with Gasteiger partial charge in [0.05, 0.1) is 14.2 Å². The van der Waals surface area contributed by atoms with Crippen LogP contribution in [0, 0.1) is 6.92 Å². The number of ether oxygens (including phenoxy) is 3. The van der Waals surface area contributed by atoms with Gasteiger partial charge in [0.1, 0.15) is 11.5 Å². The summed E-state index contributed by atoms with van der Waals surface area (Å²) < 4.78 is 15.7. The van der Waals surface area contributed by atoms with Crippen LogP contribution in [0.2, 0.25) is 0 Å². The number of benzene rings is 1. The second-order valence-electron chi connectivity index (χ2n) is 4.91. The molecule has 2 aromatic rings. The summed E-state index contributed by atoms with van der Waals surface area (Å²) in [6, 6.07) is 7.23. The van der Waals surface area contributed by atoms with Gasteiger partial charge in [-0.15, -0.1) is 11.3 Å². The zero-order valence-corrected chi connectivity index (χ0v) is 13.8. The Labute approximate surface area is 137 Å². The van der Waals surface area contributed by atoms with E-state index in [2.05, 4.69) is 4.99 Å². The molecule has 0 N–H and O–H groups in total. The molecule has 2 heterocycles. The van der Waals surface area contributed by atoms with Crippen molar-refractivity contribution in [2.24, 2.45) is 4.99 Å². The van der Waals surface area contributed by atoms with Crippen molar-refractivity contribution in [3.8, 4) is 11.5 Å². The first-order valence-corrected chi connectivity index (χ1v) is 7.79. The molecule has 0 radical (unpaired) electrons. The van der Waals surface area contributed by atoms with E-state index in [1.54, 1.807) is 49.8 Å². The van der Waals surface area contributed by atoms with Crippen molar-refractivity contribution in [3.05, 3.63) is 51.3 Å². The number of rotatable bonds is 4. The van der Waals surface area contributed by atoms with Crippen LogP contribution in [0.25, 0.3) is 6.08 Å². The summed E-state index contributed by atoms with van der Waals surface area (Å²) in [6.45, 7) is 1.99. The molecule has 1 aliphatic heterocycles. The van der Waals surface area contributed by atoms with Crippen LogP contribution in [-0.4, -0.2) is 26.1 Å². The molecule has 6 heteroatoms. The average Bonchev–Trinajstić information content (AvgIpc) is 3.13. The highest BCUT2D eigenvalue weighted by atomic mass is 32.1. The van der Waals surface area contributed by atoms with E-state index in [0.717, 1.165) is 10.4 Å². The maximum absolute atomic E-state index is 12.0. The van der Waals surface area contributed by atoms with Crippen LogP contribution in [0.1, 0.15) is 16.0 Å². The predicted molar refractivity (Wildman–Crippen MR) is 89.2 cm³/mol. The van der Waals surface area contributed by atoms with Gasteiger partial charge in [-0.1, -0.05) is 0 Å². The first-order valence-electron chi connectivity index (χ1n) is 6.91. The molecule has 1 aliphatic rings. The fourth-order valence-corrected chi connectivity index (χ4v) is 2.97. The van der Waals surface area contributed by atoms with Crippen LogP contribution < -0.4 is 9.47 Å². The lowest BCUT2D eigenvalue weighted by Crippen LogP contribution is -2.06. The molecular formula is C17H15NO4S. The SMILES string of the molecule is COc1cc(OC)cc(C2=N/C(=C\c3sccc3C)C(=O)O2)c1. The number of nitrogens with zero attached hydrogens (tertiary/aromatic N) is 1. The second-order valence-corrected chi connectivity index (χ2v) is 5.85. The van der Waals surface area contributed by atoms with Gasteiger partial charge in [0.2, 0.25) is 5.90 Å². The van der Waals surface area contributed by atoms with E-state index in [1.165, 1.54) is 0 Å². The third kappa shape index (κ3) is 3.12. The van der Waals surface area contributed by atoms with Crippen molar-refractivity contribution in [2.45, 2.75) is 6.92 Å². The molecular weight excluding hydrogens is 314 g/mol. The lowest BCUT2D eigenvalue weighted by atomic mass is 10.2. The monoisotopic (exact) mass is 329 g/mol. The first kappa shape index (κ1) is 15.3. The molecule has 5 nitrogen and oxygen atoms in total. The molecule has 0 spiro atoms. The fourth-order valence-electron chi connectivity index (χ4n) is 2.12. The first-order chi connectivity index (χ1) is 11.1. The van der Waals surface area contributed by atoms with Crippen molar-refractivity contribution in [2.75, 3.05) is 14.2 Å². The van der Waals surface area contributed by atoms with Crippen LogP contribution in [0.4, 0.5) is 0 Å². The van der Waals surface area contributed by atoms with Crippen molar-refractivity contribution < 1.29 is 19.0 Å². The third-order valence-electron chi connectivity index (χ3n) is 3.39. The molecule has 0 aliphatic carbocycles. The number of carbonyl (C=O) groups excluding carboxylic acids is 1. The average molecular weight is 329 g/mol. The number of methoxy groups -OCH3 is 2. The molecule has 0 saturated heterocycles. The van der Waals surface area contributed by atoms with E-state index in [-0.39, 0.29) is 11.6 Å². The molecule has 3 rings (SSSR count). The highest BCUT2D eigenvalue weighted by Crippen LogP contribution is 2.27. The third-order valence-corrected chi connectivity index (χ3v) is 4.35. The van der Waals surface area contributed by atoms with Crippen molar-refractivity contribution in [1.29, 1.82) is 0 Å². The molecule has 118 valence electrons. The standard InChI is InChI=1S/C17H15NO4S/c1-10-4-5-23-15(10)9-14-17(19)22-16(18-14)11-6-12(20-2)8-13(7-11)21-3/h4-9H,1-3H3/b14-9-. The Morgan fingerprint density at radius 3 is 2.43 bits per heavy atom. The minimum Gasteiger partial charge on any atom is -0.497 e. The zero-order valence-electron chi connectivity index (χ0n) is 13.0. The van der Waals surface area contributed by atoms with Gasteiger partial charge in [0, 0.05) is 16.5 Å². The molecule has 0 unspecified atom stereocenters. The molecule has 23 heavy (non-hydrogen) atoms. The molecule has 1 aromatic carbocycles. The summed E-state index contributed by atoms with van der Waals surface area (Å²) in [7, 11) is 3.12. The maximum atomic E-state index is 12.0. The lowest BCUT2D eigenvalue weighted by Gasteiger charge is -2.07. The summed E-state index contributed by atoms with van der Waals surface area (Å²) in [6.07, 6.45) is 1.74. The van der Waals surface area contributed by atoms with Crippen LogP contribution in [0.15, 0.2) is 40.3 Å². The van der Waals surface area contributed by atoms with E-state index in [0.29, 0.717) is 17.1 Å². The van der Waals surface area contributed by atoms with Crippen molar-refractivity contribution in [1.82, 2.24) is 0 Å². The van der Waals surface area contributed by atoms with E-state index in [1.807, 2.05) is 18.4 Å². The number of thiophene rings is 1. The Hall–Kier alpha value is -2.60. The van der Waals surface area contributed by atoms with Crippen LogP contribution in [0.3, 0.4) is 0 Å². The molecule has 1 aromatic heterocycles. The second kappa shape index (κ2) is 6.26. The van der Waals surface area contributed by atoms with Gasteiger partial charge in [-0.05, 0) is 42.1 Å². The Bertz CT molecular complexity index is 798. The minimum atomic E-state index is -0.463. The Kier molecular flexibility index (Phi) is 4.16. The molecule has 0 fully saturated rings. The molecule has 0 saturated carbocycles. The van der Waals surface area contributed by atoms with Gasteiger partial charge in [-0.2, -0.15) is 0 Å². The number of hydrogen-bond donors (Lipinski definition) is 0. The summed E-state index contributed by atoms with van der Waals surface area (Å²) in [5, 5.41) is 1.97. The minimum absolute atomic E-state index is 0.243. The quantitative estimate of drug-likeness (QED) is 0.637. The smallest absolute Gasteiger partial charge is 0.363 e. The molecule has 0 bridgehead atoms. The van der Waals surface area contributed by atoms with E-state index >= 15 is 0 Å². The number of aryl methyl sites for hydroxylation is 1. The fraction of sp³-hybridized carbons (Fsp3) is 0.176.